The lowest BCUT2D eigenvalue weighted by Gasteiger charge is -2.22. The molecule has 3 atom stereocenters. The van der Waals surface area contributed by atoms with E-state index in [0.29, 0.717) is 24.5 Å². The lowest BCUT2D eigenvalue weighted by Crippen LogP contribution is -2.29. The van der Waals surface area contributed by atoms with E-state index in [4.69, 9.17) is 0 Å². The van der Waals surface area contributed by atoms with Gasteiger partial charge in [0.2, 0.25) is 0 Å². The first-order valence-corrected chi connectivity index (χ1v) is 7.52. The van der Waals surface area contributed by atoms with E-state index in [1.807, 2.05) is 0 Å². The van der Waals surface area contributed by atoms with E-state index < -0.39 is 0 Å². The molecule has 1 saturated carbocycles. The zero-order chi connectivity index (χ0) is 13.8. The highest BCUT2D eigenvalue weighted by molar-refractivity contribution is 5.30. The summed E-state index contributed by atoms with van der Waals surface area (Å²) in [5.41, 5.74) is 4.03. The van der Waals surface area contributed by atoms with Crippen LogP contribution in [0.25, 0.3) is 0 Å². The van der Waals surface area contributed by atoms with E-state index in [1.165, 1.54) is 36.0 Å². The summed E-state index contributed by atoms with van der Waals surface area (Å²) in [6.45, 7) is 7.92. The van der Waals surface area contributed by atoms with Gasteiger partial charge in [0.25, 0.3) is 0 Å². The van der Waals surface area contributed by atoms with Gasteiger partial charge in [0, 0.05) is 12.6 Å². The lowest BCUT2D eigenvalue weighted by molar-refractivity contribution is 0.190. The maximum Gasteiger partial charge on any atom is 0.0462 e. The maximum absolute atomic E-state index is 9.36. The van der Waals surface area contributed by atoms with Gasteiger partial charge in [0.05, 0.1) is 0 Å². The second kappa shape index (κ2) is 6.53. The molecule has 0 aromatic heterocycles. The molecule has 0 heterocycles. The first-order valence-electron chi connectivity index (χ1n) is 7.52. The molecule has 1 aromatic rings. The SMILES string of the molecule is Cc1cc(C)cc(C(C)NCC2CCCC2CO)c1. The van der Waals surface area contributed by atoms with Crippen molar-refractivity contribution >= 4 is 0 Å². The molecule has 0 saturated heterocycles. The minimum Gasteiger partial charge on any atom is -0.396 e. The van der Waals surface area contributed by atoms with Crippen LogP contribution in [0.1, 0.15) is 48.9 Å². The third-order valence-corrected chi connectivity index (χ3v) is 4.48. The van der Waals surface area contributed by atoms with Crippen molar-refractivity contribution in [1.29, 1.82) is 0 Å². The third kappa shape index (κ3) is 3.80. The molecule has 1 aliphatic rings. The number of rotatable bonds is 5. The lowest BCUT2D eigenvalue weighted by atomic mass is 9.96. The van der Waals surface area contributed by atoms with E-state index in [0.717, 1.165) is 6.54 Å². The van der Waals surface area contributed by atoms with Crippen LogP contribution in [0.5, 0.6) is 0 Å². The Kier molecular flexibility index (Phi) is 5.00. The zero-order valence-corrected chi connectivity index (χ0v) is 12.4. The van der Waals surface area contributed by atoms with Gasteiger partial charge < -0.3 is 10.4 Å². The molecule has 106 valence electrons. The van der Waals surface area contributed by atoms with E-state index in [1.54, 1.807) is 0 Å². The minimum atomic E-state index is 0.351. The van der Waals surface area contributed by atoms with Crippen molar-refractivity contribution in [2.75, 3.05) is 13.2 Å². The van der Waals surface area contributed by atoms with Crippen molar-refractivity contribution in [2.45, 2.75) is 46.1 Å². The highest BCUT2D eigenvalue weighted by Gasteiger charge is 2.26. The van der Waals surface area contributed by atoms with E-state index >= 15 is 0 Å². The molecule has 2 N–H and O–H groups in total. The summed E-state index contributed by atoms with van der Waals surface area (Å²) >= 11 is 0. The van der Waals surface area contributed by atoms with Crippen molar-refractivity contribution in [3.8, 4) is 0 Å². The molecule has 19 heavy (non-hydrogen) atoms. The molecule has 1 aromatic carbocycles. The van der Waals surface area contributed by atoms with Gasteiger partial charge in [-0.15, -0.1) is 0 Å². The van der Waals surface area contributed by atoms with E-state index in [-0.39, 0.29) is 0 Å². The molecule has 0 bridgehead atoms. The van der Waals surface area contributed by atoms with Gasteiger partial charge in [-0.3, -0.25) is 0 Å². The fourth-order valence-corrected chi connectivity index (χ4v) is 3.33. The molecule has 2 heteroatoms. The van der Waals surface area contributed by atoms with Crippen LogP contribution in [-0.4, -0.2) is 18.3 Å². The van der Waals surface area contributed by atoms with Crippen LogP contribution in [0.2, 0.25) is 0 Å². The standard InChI is InChI=1S/C17H27NO/c1-12-7-13(2)9-17(8-12)14(3)18-10-15-5-4-6-16(15)11-19/h7-9,14-16,18-19H,4-6,10-11H2,1-3H3. The number of hydrogen-bond donors (Lipinski definition) is 2. The second-order valence-corrected chi connectivity index (χ2v) is 6.18. The molecule has 0 amide bonds. The summed E-state index contributed by atoms with van der Waals surface area (Å²) in [5, 5.41) is 13.0. The Balaban J connectivity index is 1.91. The van der Waals surface area contributed by atoms with Gasteiger partial charge in [-0.25, -0.2) is 0 Å². The Morgan fingerprint density at radius 2 is 1.79 bits per heavy atom. The van der Waals surface area contributed by atoms with Crippen LogP contribution < -0.4 is 5.32 Å². The molecule has 2 nitrogen and oxygen atoms in total. The minimum absolute atomic E-state index is 0.351. The molecule has 2 rings (SSSR count). The van der Waals surface area contributed by atoms with Crippen LogP contribution in [0.3, 0.4) is 0 Å². The Hall–Kier alpha value is -0.860. The van der Waals surface area contributed by atoms with Gasteiger partial charge >= 0.3 is 0 Å². The summed E-state index contributed by atoms with van der Waals surface area (Å²) in [4.78, 5) is 0. The van der Waals surface area contributed by atoms with E-state index in [2.05, 4.69) is 44.3 Å². The number of aliphatic hydroxyl groups excluding tert-OH is 1. The average molecular weight is 261 g/mol. The predicted molar refractivity (Wildman–Crippen MR) is 80.3 cm³/mol. The van der Waals surface area contributed by atoms with E-state index in [9.17, 15) is 5.11 Å². The van der Waals surface area contributed by atoms with Crippen LogP contribution in [0, 0.1) is 25.7 Å². The first kappa shape index (κ1) is 14.5. The quantitative estimate of drug-likeness (QED) is 0.852. The number of aliphatic hydroxyl groups is 1. The van der Waals surface area contributed by atoms with Crippen LogP contribution in [0.15, 0.2) is 18.2 Å². The van der Waals surface area contributed by atoms with Crippen molar-refractivity contribution in [1.82, 2.24) is 5.32 Å². The Morgan fingerprint density at radius 3 is 2.42 bits per heavy atom. The monoisotopic (exact) mass is 261 g/mol. The summed E-state index contributed by atoms with van der Waals surface area (Å²) in [6.07, 6.45) is 3.73. The molecule has 3 unspecified atom stereocenters. The highest BCUT2D eigenvalue weighted by atomic mass is 16.3. The zero-order valence-electron chi connectivity index (χ0n) is 12.4. The summed E-state index contributed by atoms with van der Waals surface area (Å²) in [6, 6.07) is 7.14. The molecule has 0 radical (unpaired) electrons. The fourth-order valence-electron chi connectivity index (χ4n) is 3.33. The summed E-state index contributed by atoms with van der Waals surface area (Å²) in [7, 11) is 0. The number of aryl methyl sites for hydroxylation is 2. The predicted octanol–water partition coefficient (Wildman–Crippen LogP) is 3.36. The molecular weight excluding hydrogens is 234 g/mol. The van der Waals surface area contributed by atoms with Crippen molar-refractivity contribution in [3.05, 3.63) is 34.9 Å². The molecular formula is C17H27NO. The average Bonchev–Trinajstić information content (AvgIpc) is 2.82. The molecule has 1 aliphatic carbocycles. The van der Waals surface area contributed by atoms with Crippen molar-refractivity contribution < 1.29 is 5.11 Å². The third-order valence-electron chi connectivity index (χ3n) is 4.48. The smallest absolute Gasteiger partial charge is 0.0462 e. The van der Waals surface area contributed by atoms with Gasteiger partial charge in [0.15, 0.2) is 0 Å². The normalized spacial score (nSPS) is 24.6. The molecule has 1 fully saturated rings. The van der Waals surface area contributed by atoms with Gasteiger partial charge in [0.1, 0.15) is 0 Å². The second-order valence-electron chi connectivity index (χ2n) is 6.18. The Bertz CT molecular complexity index is 395. The van der Waals surface area contributed by atoms with Crippen LogP contribution in [0.4, 0.5) is 0 Å². The van der Waals surface area contributed by atoms with Crippen LogP contribution in [-0.2, 0) is 0 Å². The first-order chi connectivity index (χ1) is 9.10. The maximum atomic E-state index is 9.36. The van der Waals surface area contributed by atoms with Crippen molar-refractivity contribution in [2.24, 2.45) is 11.8 Å². The topological polar surface area (TPSA) is 32.3 Å². The largest absolute Gasteiger partial charge is 0.396 e. The Labute approximate surface area is 117 Å². The Morgan fingerprint density at radius 1 is 1.16 bits per heavy atom. The van der Waals surface area contributed by atoms with Gasteiger partial charge in [-0.1, -0.05) is 35.7 Å². The van der Waals surface area contributed by atoms with Gasteiger partial charge in [-0.05, 0) is 57.6 Å². The summed E-state index contributed by atoms with van der Waals surface area (Å²) < 4.78 is 0. The van der Waals surface area contributed by atoms with Crippen molar-refractivity contribution in [3.63, 3.8) is 0 Å². The number of hydrogen-bond acceptors (Lipinski definition) is 2. The number of nitrogens with one attached hydrogen (secondary N) is 1. The molecule has 0 aliphatic heterocycles. The fraction of sp³-hybridized carbons (Fsp3) is 0.647. The summed E-state index contributed by atoms with van der Waals surface area (Å²) in [5.74, 6) is 1.16. The number of benzene rings is 1. The van der Waals surface area contributed by atoms with Crippen LogP contribution >= 0.6 is 0 Å². The van der Waals surface area contributed by atoms with Gasteiger partial charge in [-0.2, -0.15) is 0 Å². The molecule has 0 spiro atoms. The highest BCUT2D eigenvalue weighted by Crippen LogP contribution is 2.31.